The molecule has 0 saturated carbocycles. The number of anilines is 1. The quantitative estimate of drug-likeness (QED) is 0.508. The third kappa shape index (κ3) is 6.47. The molecule has 0 fully saturated rings. The Hall–Kier alpha value is -2.53. The first-order chi connectivity index (χ1) is 11.5. The third-order valence-electron chi connectivity index (χ3n) is 3.17. The Kier molecular flexibility index (Phi) is 7.00. The average Bonchev–Trinajstić information content (AvgIpc) is 2.89. The van der Waals surface area contributed by atoms with Crippen molar-refractivity contribution in [3.05, 3.63) is 15.8 Å². The van der Waals surface area contributed by atoms with Gasteiger partial charge >= 0.3 is 12.1 Å². The van der Waals surface area contributed by atoms with E-state index in [4.69, 9.17) is 5.11 Å². The minimum atomic E-state index is -1.15. The van der Waals surface area contributed by atoms with Crippen LogP contribution < -0.4 is 10.2 Å². The van der Waals surface area contributed by atoms with Crippen molar-refractivity contribution in [3.63, 3.8) is 0 Å². The first kappa shape index (κ1) is 20.5. The van der Waals surface area contributed by atoms with E-state index in [-0.39, 0.29) is 28.6 Å². The van der Waals surface area contributed by atoms with Crippen LogP contribution in [0.4, 0.5) is 10.5 Å². The lowest BCUT2D eigenvalue weighted by Gasteiger charge is -2.24. The molecule has 1 atom stereocenters. The standard InChI is InChI=1S/C17H22N2O5S/c1-11(6-8-18-16(23)24)19(10-20)13-9-12(5-7-17(2,3)4)25-14(13)15(21)22/h9-11,18H,6,8H2,1-4H3,(H,21,22)(H,23,24). The van der Waals surface area contributed by atoms with Crippen molar-refractivity contribution in [2.24, 2.45) is 5.41 Å². The van der Waals surface area contributed by atoms with Gasteiger partial charge in [-0.25, -0.2) is 9.59 Å². The van der Waals surface area contributed by atoms with E-state index in [1.165, 1.54) is 4.90 Å². The van der Waals surface area contributed by atoms with Gasteiger partial charge in [0.1, 0.15) is 4.88 Å². The molecule has 0 aromatic carbocycles. The van der Waals surface area contributed by atoms with Crippen molar-refractivity contribution in [2.75, 3.05) is 11.4 Å². The first-order valence-electron chi connectivity index (χ1n) is 7.66. The van der Waals surface area contributed by atoms with E-state index in [9.17, 15) is 19.5 Å². The fourth-order valence-corrected chi connectivity index (χ4v) is 2.81. The summed E-state index contributed by atoms with van der Waals surface area (Å²) in [6.45, 7) is 7.72. The van der Waals surface area contributed by atoms with E-state index in [0.717, 1.165) is 11.3 Å². The number of aromatic carboxylic acids is 1. The molecule has 0 radical (unpaired) electrons. The molecule has 0 aliphatic heterocycles. The van der Waals surface area contributed by atoms with Gasteiger partial charge in [-0.1, -0.05) is 11.8 Å². The Balaban J connectivity index is 3.11. The van der Waals surface area contributed by atoms with Gasteiger partial charge in [0.15, 0.2) is 0 Å². The lowest BCUT2D eigenvalue weighted by molar-refractivity contribution is -0.107. The molecule has 0 saturated heterocycles. The van der Waals surface area contributed by atoms with Gasteiger partial charge in [0.05, 0.1) is 10.6 Å². The van der Waals surface area contributed by atoms with Crippen LogP contribution in [0.5, 0.6) is 0 Å². The van der Waals surface area contributed by atoms with Crippen LogP contribution in [0, 0.1) is 17.3 Å². The molecule has 136 valence electrons. The summed E-state index contributed by atoms with van der Waals surface area (Å²) in [5, 5.41) is 20.2. The molecule has 1 rings (SSSR count). The van der Waals surface area contributed by atoms with Gasteiger partial charge in [-0.3, -0.25) is 4.79 Å². The molecule has 0 aliphatic rings. The summed E-state index contributed by atoms with van der Waals surface area (Å²) < 4.78 is 0. The third-order valence-corrected chi connectivity index (χ3v) is 4.20. The lowest BCUT2D eigenvalue weighted by Crippen LogP contribution is -2.35. The number of nitrogens with zero attached hydrogens (tertiary/aromatic N) is 1. The normalized spacial score (nSPS) is 11.8. The number of hydrogen-bond donors (Lipinski definition) is 3. The van der Waals surface area contributed by atoms with Crippen molar-refractivity contribution < 1.29 is 24.6 Å². The van der Waals surface area contributed by atoms with Crippen molar-refractivity contribution in [1.29, 1.82) is 0 Å². The molecule has 1 aromatic heterocycles. The van der Waals surface area contributed by atoms with E-state index < -0.39 is 12.1 Å². The summed E-state index contributed by atoms with van der Waals surface area (Å²) in [5.74, 6) is 4.85. The van der Waals surface area contributed by atoms with Crippen molar-refractivity contribution in [1.82, 2.24) is 5.32 Å². The number of hydrogen-bond acceptors (Lipinski definition) is 4. The van der Waals surface area contributed by atoms with Gasteiger partial charge in [-0.05, 0) is 40.2 Å². The zero-order valence-electron chi connectivity index (χ0n) is 14.6. The molecule has 8 heteroatoms. The van der Waals surface area contributed by atoms with E-state index in [2.05, 4.69) is 17.2 Å². The number of thiophene rings is 1. The molecule has 1 aromatic rings. The van der Waals surface area contributed by atoms with Crippen LogP contribution in [0.25, 0.3) is 0 Å². The van der Waals surface area contributed by atoms with Crippen LogP contribution in [0.3, 0.4) is 0 Å². The maximum absolute atomic E-state index is 11.5. The average molecular weight is 366 g/mol. The second kappa shape index (κ2) is 8.53. The SMILES string of the molecule is CC(CCNC(=O)O)N(C=O)c1cc(C#CC(C)(C)C)sc1C(=O)O. The van der Waals surface area contributed by atoms with E-state index in [0.29, 0.717) is 17.7 Å². The van der Waals surface area contributed by atoms with Crippen LogP contribution in [-0.4, -0.2) is 41.3 Å². The highest BCUT2D eigenvalue weighted by Gasteiger charge is 2.23. The Bertz CT molecular complexity index is 709. The van der Waals surface area contributed by atoms with Gasteiger partial charge in [-0.2, -0.15) is 0 Å². The fourth-order valence-electron chi connectivity index (χ4n) is 1.96. The van der Waals surface area contributed by atoms with Gasteiger partial charge in [-0.15, -0.1) is 11.3 Å². The largest absolute Gasteiger partial charge is 0.477 e. The van der Waals surface area contributed by atoms with Crippen LogP contribution in [0.15, 0.2) is 6.07 Å². The van der Waals surface area contributed by atoms with Gasteiger partial charge in [0.25, 0.3) is 0 Å². The molecule has 25 heavy (non-hydrogen) atoms. The molecule has 0 bridgehead atoms. The minimum Gasteiger partial charge on any atom is -0.477 e. The summed E-state index contributed by atoms with van der Waals surface area (Å²) >= 11 is 1.01. The number of rotatable bonds is 7. The highest BCUT2D eigenvalue weighted by atomic mass is 32.1. The van der Waals surface area contributed by atoms with E-state index in [1.807, 2.05) is 20.8 Å². The first-order valence-corrected chi connectivity index (χ1v) is 8.47. The van der Waals surface area contributed by atoms with Gasteiger partial charge in [0.2, 0.25) is 6.41 Å². The zero-order chi connectivity index (χ0) is 19.2. The smallest absolute Gasteiger partial charge is 0.404 e. The Morgan fingerprint density at radius 2 is 2.04 bits per heavy atom. The Morgan fingerprint density at radius 3 is 2.52 bits per heavy atom. The number of carbonyl (C=O) groups is 3. The Labute approximate surface area is 150 Å². The van der Waals surface area contributed by atoms with Crippen molar-refractivity contribution in [3.8, 4) is 11.8 Å². The molecule has 1 heterocycles. The maximum atomic E-state index is 11.5. The van der Waals surface area contributed by atoms with Crippen LogP contribution in [0.2, 0.25) is 0 Å². The van der Waals surface area contributed by atoms with E-state index >= 15 is 0 Å². The summed E-state index contributed by atoms with van der Waals surface area (Å²) in [4.78, 5) is 35.4. The molecular weight excluding hydrogens is 344 g/mol. The van der Waals surface area contributed by atoms with Crippen LogP contribution in [0.1, 0.15) is 48.7 Å². The molecule has 1 unspecified atom stereocenters. The second-order valence-corrected chi connectivity index (χ2v) is 7.56. The number of amides is 2. The number of carboxylic acids is 1. The van der Waals surface area contributed by atoms with Crippen molar-refractivity contribution >= 4 is 35.5 Å². The monoisotopic (exact) mass is 366 g/mol. The highest BCUT2D eigenvalue weighted by Crippen LogP contribution is 2.31. The number of carbonyl (C=O) groups excluding carboxylic acids is 1. The summed E-state index contributed by atoms with van der Waals surface area (Å²) in [5.41, 5.74) is 0.0433. The predicted molar refractivity (Wildman–Crippen MR) is 96.3 cm³/mol. The topological polar surface area (TPSA) is 107 Å². The maximum Gasteiger partial charge on any atom is 0.404 e. The van der Waals surface area contributed by atoms with Crippen LogP contribution in [-0.2, 0) is 4.79 Å². The highest BCUT2D eigenvalue weighted by molar-refractivity contribution is 7.15. The summed E-state index contributed by atoms with van der Waals surface area (Å²) in [7, 11) is 0. The number of carboxylic acid groups (broad SMARTS) is 2. The molecule has 0 spiro atoms. The van der Waals surface area contributed by atoms with Crippen molar-refractivity contribution in [2.45, 2.75) is 40.2 Å². The zero-order valence-corrected chi connectivity index (χ0v) is 15.4. The number of nitrogens with one attached hydrogen (secondary N) is 1. The molecular formula is C17H22N2O5S. The molecule has 2 amide bonds. The minimum absolute atomic E-state index is 0.0309. The lowest BCUT2D eigenvalue weighted by atomic mass is 9.98. The van der Waals surface area contributed by atoms with Gasteiger partial charge in [0, 0.05) is 18.0 Å². The van der Waals surface area contributed by atoms with E-state index in [1.54, 1.807) is 13.0 Å². The predicted octanol–water partition coefficient (Wildman–Crippen LogP) is 2.85. The Morgan fingerprint density at radius 1 is 1.40 bits per heavy atom. The summed E-state index contributed by atoms with van der Waals surface area (Å²) in [6.07, 6.45) is -0.240. The molecule has 7 nitrogen and oxygen atoms in total. The summed E-state index contributed by atoms with van der Waals surface area (Å²) in [6, 6.07) is 1.21. The molecule has 0 aliphatic carbocycles. The second-order valence-electron chi connectivity index (χ2n) is 6.51. The fraction of sp³-hybridized carbons (Fsp3) is 0.471. The van der Waals surface area contributed by atoms with Gasteiger partial charge < -0.3 is 20.4 Å². The van der Waals surface area contributed by atoms with Crippen LogP contribution >= 0.6 is 11.3 Å². The molecule has 3 N–H and O–H groups in total.